The summed E-state index contributed by atoms with van der Waals surface area (Å²) in [5.41, 5.74) is -4.06. The molecule has 6 atom stereocenters. The van der Waals surface area contributed by atoms with Crippen molar-refractivity contribution in [2.45, 2.75) is 56.3 Å². The highest BCUT2D eigenvalue weighted by Crippen LogP contribution is 1.98. The van der Waals surface area contributed by atoms with Gasteiger partial charge in [-0.2, -0.15) is 0 Å². The summed E-state index contributed by atoms with van der Waals surface area (Å²) in [6, 6.07) is 0. The molecule has 0 aliphatic carbocycles. The molecule has 15 heteroatoms. The van der Waals surface area contributed by atoms with Gasteiger partial charge in [0.15, 0.2) is 0 Å². The smallest absolute Gasteiger partial charge is 0.336 e. The van der Waals surface area contributed by atoms with Gasteiger partial charge in [-0.15, -0.1) is 0 Å². The molecular weight excluding hydrogens is 414 g/mol. The van der Waals surface area contributed by atoms with E-state index >= 15 is 0 Å². The van der Waals surface area contributed by atoms with E-state index in [0.29, 0.717) is 0 Å². The molecule has 0 radical (unpaired) electrons. The minimum Gasteiger partial charge on any atom is -0.394 e. The summed E-state index contributed by atoms with van der Waals surface area (Å²) in [6.45, 7) is -5.41. The van der Waals surface area contributed by atoms with Crippen LogP contribution in [0.25, 0.3) is 0 Å². The first-order valence-corrected chi connectivity index (χ1v) is 8.85. The number of hydrogen-bond donors (Lipinski definition) is 9. The van der Waals surface area contributed by atoms with Gasteiger partial charge in [0.25, 0.3) is 0 Å². The predicted molar refractivity (Wildman–Crippen MR) is 96.5 cm³/mol. The van der Waals surface area contributed by atoms with E-state index < -0.39 is 93.1 Å². The van der Waals surface area contributed by atoms with Crippen LogP contribution < -0.4 is 17.1 Å². The van der Waals surface area contributed by atoms with Crippen molar-refractivity contribution in [3.63, 3.8) is 0 Å². The fourth-order valence-corrected chi connectivity index (χ4v) is 2.44. The molecule has 1 rings (SSSR count). The summed E-state index contributed by atoms with van der Waals surface area (Å²) in [4.78, 5) is 37.7. The van der Waals surface area contributed by atoms with Crippen LogP contribution >= 0.6 is 0 Å². The molecule has 0 aromatic carbocycles. The number of hydrogen-bond acceptors (Lipinski definition) is 12. The molecule has 0 bridgehead atoms. The molecule has 9 N–H and O–H groups in total. The van der Waals surface area contributed by atoms with Crippen LogP contribution in [0, 0.1) is 0 Å². The van der Waals surface area contributed by atoms with Crippen molar-refractivity contribution in [3.8, 4) is 0 Å². The lowest BCUT2D eigenvalue weighted by Crippen LogP contribution is -2.58. The van der Waals surface area contributed by atoms with E-state index in [-0.39, 0.29) is 13.7 Å². The van der Waals surface area contributed by atoms with Crippen molar-refractivity contribution in [2.24, 2.45) is 0 Å². The Morgan fingerprint density at radius 1 is 0.467 bits per heavy atom. The Bertz CT molecular complexity index is 709. The topological polar surface area (TPSA) is 248 Å². The SMILES string of the molecule is O=c1n(CC(O)C(O)CO)c(=O)n(CC(O)C(O)CO)c(=O)n1CC(O)C(O)CO. The summed E-state index contributed by atoms with van der Waals surface area (Å²) in [5.74, 6) is 0. The van der Waals surface area contributed by atoms with Gasteiger partial charge in [0.2, 0.25) is 0 Å². The Labute approximate surface area is 168 Å². The lowest BCUT2D eigenvalue weighted by molar-refractivity contribution is -0.0300. The van der Waals surface area contributed by atoms with E-state index in [1.807, 2.05) is 0 Å². The third kappa shape index (κ3) is 6.03. The van der Waals surface area contributed by atoms with E-state index in [1.54, 1.807) is 0 Å². The monoisotopic (exact) mass is 441 g/mol. The number of nitrogens with zero attached hydrogens (tertiary/aromatic N) is 3. The van der Waals surface area contributed by atoms with Crippen LogP contribution in [-0.4, -0.2) is 116 Å². The molecule has 0 amide bonds. The zero-order valence-electron chi connectivity index (χ0n) is 15.8. The van der Waals surface area contributed by atoms with Crippen LogP contribution in [0.4, 0.5) is 0 Å². The van der Waals surface area contributed by atoms with Gasteiger partial charge in [0.05, 0.1) is 39.5 Å². The van der Waals surface area contributed by atoms with Crippen molar-refractivity contribution in [3.05, 3.63) is 31.5 Å². The van der Waals surface area contributed by atoms with Crippen LogP contribution in [0.15, 0.2) is 14.4 Å². The summed E-state index contributed by atoms with van der Waals surface area (Å²) < 4.78 is 0.836. The Kier molecular flexibility index (Phi) is 9.95. The lowest BCUT2D eigenvalue weighted by Gasteiger charge is -2.22. The van der Waals surface area contributed by atoms with Crippen molar-refractivity contribution in [1.82, 2.24) is 13.7 Å². The molecule has 174 valence electrons. The van der Waals surface area contributed by atoms with E-state index in [0.717, 1.165) is 0 Å². The van der Waals surface area contributed by atoms with Crippen molar-refractivity contribution >= 4 is 0 Å². The van der Waals surface area contributed by atoms with Crippen LogP contribution in [-0.2, 0) is 19.6 Å². The van der Waals surface area contributed by atoms with Crippen molar-refractivity contribution in [1.29, 1.82) is 0 Å². The molecule has 30 heavy (non-hydrogen) atoms. The van der Waals surface area contributed by atoms with Gasteiger partial charge in [-0.3, -0.25) is 0 Å². The summed E-state index contributed by atoms with van der Waals surface area (Å²) >= 11 is 0. The van der Waals surface area contributed by atoms with Gasteiger partial charge in [-0.1, -0.05) is 0 Å². The second-order valence-electron chi connectivity index (χ2n) is 6.63. The maximum atomic E-state index is 12.6. The third-order valence-electron chi connectivity index (χ3n) is 4.39. The summed E-state index contributed by atoms with van der Waals surface area (Å²) in [7, 11) is 0. The van der Waals surface area contributed by atoms with Gasteiger partial charge in [0, 0.05) is 0 Å². The largest absolute Gasteiger partial charge is 0.394 e. The summed E-state index contributed by atoms with van der Waals surface area (Å²) in [5, 5.41) is 84.6. The number of aromatic nitrogens is 3. The average molecular weight is 441 g/mol. The predicted octanol–water partition coefficient (Wildman–Crippen LogP) is -7.69. The molecular formula is C15H27N3O12. The van der Waals surface area contributed by atoms with Crippen LogP contribution in [0.5, 0.6) is 0 Å². The molecule has 0 saturated carbocycles. The highest BCUT2D eigenvalue weighted by molar-refractivity contribution is 4.84. The van der Waals surface area contributed by atoms with Crippen molar-refractivity contribution < 1.29 is 46.0 Å². The van der Waals surface area contributed by atoms with Crippen LogP contribution in [0.3, 0.4) is 0 Å². The van der Waals surface area contributed by atoms with Gasteiger partial charge < -0.3 is 46.0 Å². The second-order valence-corrected chi connectivity index (χ2v) is 6.63. The fraction of sp³-hybridized carbons (Fsp3) is 0.800. The molecule has 0 aliphatic rings. The first-order valence-electron chi connectivity index (χ1n) is 8.85. The standard InChI is InChI=1S/C15H27N3O12/c19-4-10(25)7(22)1-16-13(28)17(2-8(23)11(26)5-20)15(30)18(14(16)29)3-9(24)12(27)6-21/h7-12,19-27H,1-6H2. The molecule has 0 spiro atoms. The Morgan fingerprint density at radius 2 is 0.667 bits per heavy atom. The maximum absolute atomic E-state index is 12.6. The minimum atomic E-state index is -1.82. The molecule has 0 saturated heterocycles. The van der Waals surface area contributed by atoms with E-state index in [4.69, 9.17) is 15.3 Å². The zero-order chi connectivity index (χ0) is 23.2. The third-order valence-corrected chi connectivity index (χ3v) is 4.39. The van der Waals surface area contributed by atoms with E-state index in [1.165, 1.54) is 0 Å². The Hall–Kier alpha value is -1.95. The molecule has 1 aromatic heterocycles. The molecule has 1 aromatic rings. The summed E-state index contributed by atoms with van der Waals surface area (Å²) in [6.07, 6.45) is -10.7. The molecule has 0 fully saturated rings. The first kappa shape index (κ1) is 26.1. The lowest BCUT2D eigenvalue weighted by atomic mass is 10.2. The Morgan fingerprint density at radius 3 is 0.833 bits per heavy atom. The fourth-order valence-electron chi connectivity index (χ4n) is 2.44. The second kappa shape index (κ2) is 11.4. The average Bonchev–Trinajstić information content (AvgIpc) is 2.74. The minimum absolute atomic E-state index is 0.279. The number of aliphatic hydroxyl groups is 9. The molecule has 0 aliphatic heterocycles. The van der Waals surface area contributed by atoms with Crippen LogP contribution in [0.1, 0.15) is 0 Å². The van der Waals surface area contributed by atoms with Gasteiger partial charge in [-0.25, -0.2) is 28.1 Å². The van der Waals surface area contributed by atoms with E-state index in [2.05, 4.69) is 0 Å². The van der Waals surface area contributed by atoms with Crippen molar-refractivity contribution in [2.75, 3.05) is 19.8 Å². The zero-order valence-corrected chi connectivity index (χ0v) is 15.8. The molecule has 1 heterocycles. The molecule has 15 nitrogen and oxygen atoms in total. The van der Waals surface area contributed by atoms with Gasteiger partial charge in [0.1, 0.15) is 36.6 Å². The highest BCUT2D eigenvalue weighted by Gasteiger charge is 2.26. The first-order chi connectivity index (χ1) is 14.0. The maximum Gasteiger partial charge on any atom is 0.336 e. The van der Waals surface area contributed by atoms with Crippen LogP contribution in [0.2, 0.25) is 0 Å². The Balaban J connectivity index is 3.58. The van der Waals surface area contributed by atoms with Gasteiger partial charge in [-0.05, 0) is 0 Å². The van der Waals surface area contributed by atoms with Gasteiger partial charge >= 0.3 is 17.1 Å². The normalized spacial score (nSPS) is 17.9. The number of rotatable bonds is 12. The van der Waals surface area contributed by atoms with E-state index in [9.17, 15) is 45.0 Å². The molecule has 6 unspecified atom stereocenters. The highest BCUT2D eigenvalue weighted by atomic mass is 16.4. The number of aliphatic hydroxyl groups excluding tert-OH is 9. The quantitative estimate of drug-likeness (QED) is 0.147.